The van der Waals surface area contributed by atoms with E-state index in [9.17, 15) is 0 Å². The van der Waals surface area contributed by atoms with E-state index in [1.165, 1.54) is 9.13 Å². The second-order valence-corrected chi connectivity index (χ2v) is 6.28. The average molecular weight is 405 g/mol. The van der Waals surface area contributed by atoms with E-state index < -0.39 is 0 Å². The van der Waals surface area contributed by atoms with Gasteiger partial charge < -0.3 is 5.32 Å². The summed E-state index contributed by atoms with van der Waals surface area (Å²) in [6.07, 6.45) is 3.48. The third-order valence-corrected chi connectivity index (χ3v) is 4.38. The molecule has 6 heteroatoms. The van der Waals surface area contributed by atoms with Crippen molar-refractivity contribution in [3.05, 3.63) is 44.5 Å². The van der Waals surface area contributed by atoms with Crippen LogP contribution in [-0.4, -0.2) is 21.3 Å². The Balaban J connectivity index is 2.27. The van der Waals surface area contributed by atoms with E-state index in [-0.39, 0.29) is 6.04 Å². The summed E-state index contributed by atoms with van der Waals surface area (Å²) in [5, 5.41) is 8.47. The molecule has 0 aliphatic rings. The van der Waals surface area contributed by atoms with Crippen LogP contribution in [-0.2, 0) is 13.5 Å². The lowest BCUT2D eigenvalue weighted by molar-refractivity contribution is 0.505. The fourth-order valence-corrected chi connectivity index (χ4v) is 2.97. The summed E-state index contributed by atoms with van der Waals surface area (Å²) in [6.45, 7) is 3.13. The van der Waals surface area contributed by atoms with E-state index in [1.54, 1.807) is 6.33 Å². The van der Waals surface area contributed by atoms with Crippen molar-refractivity contribution in [2.24, 2.45) is 7.05 Å². The van der Waals surface area contributed by atoms with Crippen LogP contribution in [0.5, 0.6) is 0 Å². The average Bonchev–Trinajstić information content (AvgIpc) is 2.83. The van der Waals surface area contributed by atoms with E-state index in [4.69, 9.17) is 11.6 Å². The van der Waals surface area contributed by atoms with Crippen LogP contribution in [0.3, 0.4) is 0 Å². The molecule has 1 heterocycles. The topological polar surface area (TPSA) is 42.7 Å². The third kappa shape index (κ3) is 3.93. The highest BCUT2D eigenvalue weighted by molar-refractivity contribution is 14.1. The molecule has 0 aliphatic heterocycles. The third-order valence-electron chi connectivity index (χ3n) is 3.17. The number of benzene rings is 1. The van der Waals surface area contributed by atoms with Gasteiger partial charge in [-0.2, -0.15) is 5.10 Å². The van der Waals surface area contributed by atoms with Gasteiger partial charge in [-0.3, -0.25) is 4.68 Å². The minimum atomic E-state index is 0.198. The van der Waals surface area contributed by atoms with E-state index in [1.807, 2.05) is 23.9 Å². The molecule has 1 aromatic carbocycles. The highest BCUT2D eigenvalue weighted by Crippen LogP contribution is 2.26. The van der Waals surface area contributed by atoms with Gasteiger partial charge in [-0.1, -0.05) is 18.5 Å². The molecule has 4 nitrogen and oxygen atoms in total. The molecule has 0 saturated heterocycles. The summed E-state index contributed by atoms with van der Waals surface area (Å²) in [5.74, 6) is 0.967. The van der Waals surface area contributed by atoms with Gasteiger partial charge in [-0.05, 0) is 59.3 Å². The molecule has 1 atom stereocenters. The summed E-state index contributed by atoms with van der Waals surface area (Å²) >= 11 is 8.50. The van der Waals surface area contributed by atoms with Gasteiger partial charge in [0.2, 0.25) is 0 Å². The predicted octanol–water partition coefficient (Wildman–Crippen LogP) is 3.36. The maximum absolute atomic E-state index is 6.14. The monoisotopic (exact) mass is 404 g/mol. The highest BCUT2D eigenvalue weighted by atomic mass is 127. The Morgan fingerprint density at radius 2 is 2.25 bits per heavy atom. The summed E-state index contributed by atoms with van der Waals surface area (Å²) in [7, 11) is 1.92. The number of hydrogen-bond donors (Lipinski definition) is 1. The Kier molecular flexibility index (Phi) is 5.80. The predicted molar refractivity (Wildman–Crippen MR) is 89.9 cm³/mol. The number of aromatic nitrogens is 3. The minimum absolute atomic E-state index is 0.198. The summed E-state index contributed by atoms with van der Waals surface area (Å²) < 4.78 is 3.03. The van der Waals surface area contributed by atoms with Crippen LogP contribution in [0.4, 0.5) is 0 Å². The maximum atomic E-state index is 6.14. The second-order valence-electron chi connectivity index (χ2n) is 4.68. The highest BCUT2D eigenvalue weighted by Gasteiger charge is 2.17. The Morgan fingerprint density at radius 1 is 1.45 bits per heavy atom. The first-order valence-corrected chi connectivity index (χ1v) is 8.08. The molecule has 108 valence electrons. The van der Waals surface area contributed by atoms with Gasteiger partial charge in [0.25, 0.3) is 0 Å². The van der Waals surface area contributed by atoms with E-state index in [2.05, 4.69) is 51.0 Å². The lowest BCUT2D eigenvalue weighted by atomic mass is 10.0. The molecular weight excluding hydrogens is 387 g/mol. The number of halogens is 2. The molecule has 2 aromatic rings. The van der Waals surface area contributed by atoms with Gasteiger partial charge in [0.1, 0.15) is 12.2 Å². The summed E-state index contributed by atoms with van der Waals surface area (Å²) in [6, 6.07) is 6.21. The Labute approximate surface area is 138 Å². The lowest BCUT2D eigenvalue weighted by Gasteiger charge is -2.20. The number of nitrogens with zero attached hydrogens (tertiary/aromatic N) is 3. The quantitative estimate of drug-likeness (QED) is 0.751. The van der Waals surface area contributed by atoms with Crippen LogP contribution in [0.15, 0.2) is 24.5 Å². The first kappa shape index (κ1) is 15.7. The normalized spacial score (nSPS) is 12.6. The van der Waals surface area contributed by atoms with Crippen molar-refractivity contribution in [2.75, 3.05) is 6.54 Å². The van der Waals surface area contributed by atoms with E-state index in [0.29, 0.717) is 0 Å². The van der Waals surface area contributed by atoms with Gasteiger partial charge in [-0.15, -0.1) is 0 Å². The van der Waals surface area contributed by atoms with Crippen molar-refractivity contribution in [3.8, 4) is 0 Å². The Hall–Kier alpha value is -0.660. The van der Waals surface area contributed by atoms with Crippen LogP contribution in [0.2, 0.25) is 5.02 Å². The molecule has 0 spiro atoms. The standard InChI is InChI=1S/C14H18ClIN4/c1-3-6-17-13(8-14-18-9-19-20(14)2)11-7-10(15)4-5-12(11)16/h4-5,7,9,13,17H,3,6,8H2,1-2H3. The van der Waals surface area contributed by atoms with Crippen molar-refractivity contribution < 1.29 is 0 Å². The molecule has 0 fully saturated rings. The molecule has 2 rings (SSSR count). The fourth-order valence-electron chi connectivity index (χ4n) is 2.08. The molecule has 0 bridgehead atoms. The smallest absolute Gasteiger partial charge is 0.138 e. The zero-order valence-electron chi connectivity index (χ0n) is 11.6. The molecule has 1 aromatic heterocycles. The number of hydrogen-bond acceptors (Lipinski definition) is 3. The van der Waals surface area contributed by atoms with Gasteiger partial charge in [-0.25, -0.2) is 4.98 Å². The SMILES string of the molecule is CCCNC(Cc1ncnn1C)c1cc(Cl)ccc1I. The number of aryl methyl sites for hydroxylation is 1. The maximum Gasteiger partial charge on any atom is 0.138 e. The van der Waals surface area contributed by atoms with Gasteiger partial charge in [0.15, 0.2) is 0 Å². The molecular formula is C14H18ClIN4. The zero-order chi connectivity index (χ0) is 14.5. The van der Waals surface area contributed by atoms with Crippen LogP contribution < -0.4 is 5.32 Å². The van der Waals surface area contributed by atoms with Crippen LogP contribution >= 0.6 is 34.2 Å². The van der Waals surface area contributed by atoms with Crippen molar-refractivity contribution in [1.82, 2.24) is 20.1 Å². The largest absolute Gasteiger partial charge is 0.310 e. The van der Waals surface area contributed by atoms with Crippen LogP contribution in [0.25, 0.3) is 0 Å². The van der Waals surface area contributed by atoms with Crippen LogP contribution in [0, 0.1) is 3.57 Å². The van der Waals surface area contributed by atoms with Crippen molar-refractivity contribution in [3.63, 3.8) is 0 Å². The number of rotatable bonds is 6. The van der Waals surface area contributed by atoms with Gasteiger partial charge in [0, 0.05) is 28.1 Å². The van der Waals surface area contributed by atoms with E-state index in [0.717, 1.165) is 30.2 Å². The summed E-state index contributed by atoms with van der Waals surface area (Å²) in [5.41, 5.74) is 1.22. The van der Waals surface area contributed by atoms with Crippen molar-refractivity contribution in [2.45, 2.75) is 25.8 Å². The molecule has 0 saturated carbocycles. The molecule has 0 amide bonds. The zero-order valence-corrected chi connectivity index (χ0v) is 14.5. The second kappa shape index (κ2) is 7.38. The van der Waals surface area contributed by atoms with Gasteiger partial charge >= 0.3 is 0 Å². The molecule has 0 aliphatic carbocycles. The molecule has 1 N–H and O–H groups in total. The first-order valence-electron chi connectivity index (χ1n) is 6.63. The molecule has 1 unspecified atom stereocenters. The summed E-state index contributed by atoms with van der Waals surface area (Å²) in [4.78, 5) is 4.32. The minimum Gasteiger partial charge on any atom is -0.310 e. The van der Waals surface area contributed by atoms with Crippen LogP contribution in [0.1, 0.15) is 30.8 Å². The van der Waals surface area contributed by atoms with Crippen molar-refractivity contribution >= 4 is 34.2 Å². The number of nitrogens with one attached hydrogen (secondary N) is 1. The van der Waals surface area contributed by atoms with Crippen molar-refractivity contribution in [1.29, 1.82) is 0 Å². The molecule has 20 heavy (non-hydrogen) atoms. The lowest BCUT2D eigenvalue weighted by Crippen LogP contribution is -2.26. The Bertz CT molecular complexity index is 570. The molecule has 0 radical (unpaired) electrons. The van der Waals surface area contributed by atoms with Gasteiger partial charge in [0.05, 0.1) is 0 Å². The Morgan fingerprint density at radius 3 is 2.90 bits per heavy atom. The fraction of sp³-hybridized carbons (Fsp3) is 0.429. The first-order chi connectivity index (χ1) is 9.61. The van der Waals surface area contributed by atoms with E-state index >= 15 is 0 Å².